The number of urea groups is 1. The van der Waals surface area contributed by atoms with E-state index in [1.165, 1.54) is 25.1 Å². The number of fused-ring (bicyclic) bond motifs is 1. The van der Waals surface area contributed by atoms with Crippen LogP contribution in [0.2, 0.25) is 0 Å². The van der Waals surface area contributed by atoms with Gasteiger partial charge in [-0.1, -0.05) is 20.8 Å². The van der Waals surface area contributed by atoms with Gasteiger partial charge in [-0.05, 0) is 37.3 Å². The van der Waals surface area contributed by atoms with Gasteiger partial charge in [0.2, 0.25) is 5.91 Å². The third-order valence-electron chi connectivity index (χ3n) is 5.01. The fourth-order valence-electron chi connectivity index (χ4n) is 3.16. The van der Waals surface area contributed by atoms with E-state index in [0.29, 0.717) is 11.0 Å². The number of nitrogens with one attached hydrogen (secondary N) is 2. The van der Waals surface area contributed by atoms with Gasteiger partial charge in [0.25, 0.3) is 11.8 Å². The molecule has 2 aromatic rings. The quantitative estimate of drug-likeness (QED) is 0.687. The molecule has 1 unspecified atom stereocenters. The van der Waals surface area contributed by atoms with Crippen LogP contribution in [-0.2, 0) is 9.59 Å². The highest BCUT2D eigenvalue weighted by molar-refractivity contribution is 6.24. The van der Waals surface area contributed by atoms with Crippen LogP contribution in [0.3, 0.4) is 0 Å². The van der Waals surface area contributed by atoms with E-state index >= 15 is 0 Å². The molecule has 1 aliphatic rings. The summed E-state index contributed by atoms with van der Waals surface area (Å²) in [5, 5.41) is 4.46. The van der Waals surface area contributed by atoms with Crippen molar-refractivity contribution >= 4 is 35.2 Å². The van der Waals surface area contributed by atoms with Crippen LogP contribution in [-0.4, -0.2) is 29.5 Å². The molecular weight excluding hydrogens is 436 g/mol. The molecule has 0 radical (unpaired) electrons. The number of halogens is 2. The smallest absolute Gasteiger partial charge is 0.335 e. The molecule has 8 nitrogen and oxygen atoms in total. The lowest BCUT2D eigenvalue weighted by molar-refractivity contribution is -0.127. The molecule has 1 atom stereocenters. The van der Waals surface area contributed by atoms with Gasteiger partial charge >= 0.3 is 6.03 Å². The van der Waals surface area contributed by atoms with Crippen LogP contribution in [0, 0.1) is 17.0 Å². The first-order chi connectivity index (χ1) is 15.3. The van der Waals surface area contributed by atoms with Crippen molar-refractivity contribution in [1.82, 2.24) is 10.6 Å². The maximum absolute atomic E-state index is 14.1. The molecule has 2 N–H and O–H groups in total. The molecule has 0 saturated carbocycles. The largest absolute Gasteiger partial charge is 0.336 e. The van der Waals surface area contributed by atoms with Crippen LogP contribution >= 0.6 is 0 Å². The summed E-state index contributed by atoms with van der Waals surface area (Å²) in [6.45, 7) is 6.03. The number of anilines is 1. The van der Waals surface area contributed by atoms with E-state index in [1.54, 1.807) is 20.8 Å². The van der Waals surface area contributed by atoms with Crippen molar-refractivity contribution in [3.05, 3.63) is 64.7 Å². The SMILES string of the molecule is CC(=O)c1ccc2c(c1)C(NC(=O)c1ccc(F)cc1F)C(=O)N2C(=O)NC(=O)C(C)(C)C. The Morgan fingerprint density at radius 2 is 1.67 bits per heavy atom. The summed E-state index contributed by atoms with van der Waals surface area (Å²) in [5.74, 6) is -4.93. The number of rotatable bonds is 3. The highest BCUT2D eigenvalue weighted by Crippen LogP contribution is 2.37. The molecule has 33 heavy (non-hydrogen) atoms. The highest BCUT2D eigenvalue weighted by Gasteiger charge is 2.43. The molecule has 1 heterocycles. The van der Waals surface area contributed by atoms with E-state index in [1.807, 2.05) is 0 Å². The molecule has 0 saturated heterocycles. The standard InChI is InChI=1S/C23H21F2N3O5/c1-11(29)12-5-8-17-15(9-12)18(26-19(30)14-7-6-13(24)10-16(14)25)20(31)28(17)22(33)27-21(32)23(2,3)4/h5-10,18H,1-4H3,(H,26,30)(H,27,32,33). The minimum atomic E-state index is -1.45. The van der Waals surface area contributed by atoms with Crippen molar-refractivity contribution in [2.24, 2.45) is 5.41 Å². The maximum Gasteiger partial charge on any atom is 0.335 e. The molecule has 3 rings (SSSR count). The van der Waals surface area contributed by atoms with E-state index in [9.17, 15) is 32.8 Å². The highest BCUT2D eigenvalue weighted by atomic mass is 19.1. The van der Waals surface area contributed by atoms with Crippen molar-refractivity contribution in [1.29, 1.82) is 0 Å². The van der Waals surface area contributed by atoms with Crippen LogP contribution in [0.25, 0.3) is 0 Å². The second kappa shape index (κ2) is 8.53. The van der Waals surface area contributed by atoms with Crippen LogP contribution < -0.4 is 15.5 Å². The minimum absolute atomic E-state index is 0.0501. The normalized spacial score (nSPS) is 15.2. The molecule has 0 spiro atoms. The molecule has 1 aliphatic heterocycles. The summed E-state index contributed by atoms with van der Waals surface area (Å²) in [4.78, 5) is 63.3. The number of hydrogen-bond acceptors (Lipinski definition) is 5. The van der Waals surface area contributed by atoms with E-state index < -0.39 is 52.4 Å². The summed E-state index contributed by atoms with van der Waals surface area (Å²) in [6.07, 6.45) is 0. The van der Waals surface area contributed by atoms with Crippen molar-refractivity contribution in [2.45, 2.75) is 33.7 Å². The average Bonchev–Trinajstić information content (AvgIpc) is 2.97. The lowest BCUT2D eigenvalue weighted by atomic mass is 9.96. The number of imide groups is 2. The Balaban J connectivity index is 1.99. The Labute approximate surface area is 187 Å². The van der Waals surface area contributed by atoms with Gasteiger partial charge in [0.05, 0.1) is 11.3 Å². The Hall–Kier alpha value is -3.95. The van der Waals surface area contributed by atoms with Gasteiger partial charge in [-0.25, -0.2) is 18.5 Å². The Kier molecular flexibility index (Phi) is 6.13. The lowest BCUT2D eigenvalue weighted by Crippen LogP contribution is -2.49. The van der Waals surface area contributed by atoms with Crippen LogP contribution in [0.1, 0.15) is 60.0 Å². The van der Waals surface area contributed by atoms with Gasteiger partial charge in [-0.15, -0.1) is 0 Å². The van der Waals surface area contributed by atoms with E-state index in [0.717, 1.165) is 12.1 Å². The van der Waals surface area contributed by atoms with Crippen LogP contribution in [0.15, 0.2) is 36.4 Å². The summed E-state index contributed by atoms with van der Waals surface area (Å²) < 4.78 is 27.2. The summed E-state index contributed by atoms with van der Waals surface area (Å²) in [7, 11) is 0. The van der Waals surface area contributed by atoms with Gasteiger partial charge in [0.15, 0.2) is 5.78 Å². The second-order valence-electron chi connectivity index (χ2n) is 8.54. The van der Waals surface area contributed by atoms with E-state index in [-0.39, 0.29) is 22.6 Å². The summed E-state index contributed by atoms with van der Waals surface area (Å²) in [6, 6.07) is 3.89. The van der Waals surface area contributed by atoms with Gasteiger partial charge < -0.3 is 5.32 Å². The molecule has 0 fully saturated rings. The number of amides is 5. The van der Waals surface area contributed by atoms with Crippen molar-refractivity contribution < 1.29 is 32.8 Å². The molecule has 0 aromatic heterocycles. The van der Waals surface area contributed by atoms with Crippen molar-refractivity contribution in [3.8, 4) is 0 Å². The molecule has 5 amide bonds. The lowest BCUT2D eigenvalue weighted by Gasteiger charge is -2.21. The van der Waals surface area contributed by atoms with Gasteiger partial charge in [-0.2, -0.15) is 0 Å². The topological polar surface area (TPSA) is 113 Å². The number of Topliss-reactive ketones (excluding diaryl/α,β-unsaturated/α-hetero) is 1. The molecule has 172 valence electrons. The van der Waals surface area contributed by atoms with Crippen LogP contribution in [0.5, 0.6) is 0 Å². The number of nitrogens with zero attached hydrogens (tertiary/aromatic N) is 1. The fraction of sp³-hybridized carbons (Fsp3) is 0.261. The minimum Gasteiger partial charge on any atom is -0.336 e. The zero-order chi connectivity index (χ0) is 24.7. The number of carbonyl (C=O) groups is 5. The predicted molar refractivity (Wildman–Crippen MR) is 113 cm³/mol. The predicted octanol–water partition coefficient (Wildman–Crippen LogP) is 3.27. The summed E-state index contributed by atoms with van der Waals surface area (Å²) >= 11 is 0. The number of benzene rings is 2. The number of carbonyl (C=O) groups excluding carboxylic acids is 5. The summed E-state index contributed by atoms with van der Waals surface area (Å²) in [5.41, 5.74) is -1.06. The van der Waals surface area contributed by atoms with Gasteiger partial charge in [0, 0.05) is 22.6 Å². The van der Waals surface area contributed by atoms with Gasteiger partial charge in [-0.3, -0.25) is 24.5 Å². The maximum atomic E-state index is 14.1. The first-order valence-corrected chi connectivity index (χ1v) is 9.91. The van der Waals surface area contributed by atoms with Crippen molar-refractivity contribution in [2.75, 3.05) is 4.90 Å². The number of hydrogen-bond donors (Lipinski definition) is 2. The molecule has 2 aromatic carbocycles. The average molecular weight is 457 g/mol. The zero-order valence-corrected chi connectivity index (χ0v) is 18.3. The molecule has 0 aliphatic carbocycles. The molecule has 10 heteroatoms. The molecular formula is C23H21F2N3O5. The second-order valence-corrected chi connectivity index (χ2v) is 8.54. The van der Waals surface area contributed by atoms with E-state index in [4.69, 9.17) is 0 Å². The third kappa shape index (κ3) is 4.64. The van der Waals surface area contributed by atoms with Crippen LogP contribution in [0.4, 0.5) is 19.3 Å². The van der Waals surface area contributed by atoms with E-state index in [2.05, 4.69) is 10.6 Å². The number of ketones is 1. The zero-order valence-electron chi connectivity index (χ0n) is 18.3. The Morgan fingerprint density at radius 3 is 2.24 bits per heavy atom. The Bertz CT molecular complexity index is 1200. The third-order valence-corrected chi connectivity index (χ3v) is 5.01. The monoisotopic (exact) mass is 457 g/mol. The first kappa shape index (κ1) is 23.7. The van der Waals surface area contributed by atoms with Crippen molar-refractivity contribution in [3.63, 3.8) is 0 Å². The fourth-order valence-corrected chi connectivity index (χ4v) is 3.16. The first-order valence-electron chi connectivity index (χ1n) is 9.91. The van der Waals surface area contributed by atoms with Gasteiger partial charge in [0.1, 0.15) is 17.7 Å². The molecule has 0 bridgehead atoms. The Morgan fingerprint density at radius 1 is 1.00 bits per heavy atom.